The number of ketones is 1. The molecule has 1 heterocycles. The van der Waals surface area contributed by atoms with Crippen LogP contribution in [0.1, 0.15) is 86.7 Å². The van der Waals surface area contributed by atoms with E-state index in [1.54, 1.807) is 24.3 Å². The van der Waals surface area contributed by atoms with Crippen LogP contribution in [0, 0.1) is 0 Å². The molecule has 2 aromatic carbocycles. The number of amides is 1. The highest BCUT2D eigenvalue weighted by atomic mass is 16.6. The number of carbonyl (C=O) groups excluding carboxylic acids is 3. The van der Waals surface area contributed by atoms with Crippen molar-refractivity contribution < 1.29 is 29.0 Å². The topological polar surface area (TPSA) is 93.1 Å². The summed E-state index contributed by atoms with van der Waals surface area (Å²) in [7, 11) is 0. The molecule has 7 nitrogen and oxygen atoms in total. The molecule has 0 bridgehead atoms. The van der Waals surface area contributed by atoms with Gasteiger partial charge in [0, 0.05) is 25.1 Å². The Balaban J connectivity index is 1.28. The Hall–Kier alpha value is -3.19. The quantitative estimate of drug-likeness (QED) is 0.475. The SMILES string of the molecule is CC(C)(C)OC(=O)CCc1cccc(C2CCN(C(=O)c3cccc(OCC(=O)C4(O)CCC4)c3)CC2)c1. The number of benzene rings is 2. The van der Waals surface area contributed by atoms with Gasteiger partial charge in [0.15, 0.2) is 0 Å². The van der Waals surface area contributed by atoms with Crippen LogP contribution in [-0.2, 0) is 20.7 Å². The lowest BCUT2D eigenvalue weighted by Crippen LogP contribution is -2.47. The molecule has 1 saturated heterocycles. The van der Waals surface area contributed by atoms with Crippen molar-refractivity contribution in [3.05, 3.63) is 65.2 Å². The molecule has 2 aliphatic rings. The van der Waals surface area contributed by atoms with Crippen molar-refractivity contribution in [2.75, 3.05) is 19.7 Å². The molecule has 1 aliphatic heterocycles. The summed E-state index contributed by atoms with van der Waals surface area (Å²) in [4.78, 5) is 39.3. The molecule has 0 spiro atoms. The van der Waals surface area contributed by atoms with E-state index in [-0.39, 0.29) is 24.3 Å². The largest absolute Gasteiger partial charge is 0.486 e. The molecule has 2 fully saturated rings. The van der Waals surface area contributed by atoms with Crippen LogP contribution >= 0.6 is 0 Å². The van der Waals surface area contributed by atoms with Gasteiger partial charge in [0.05, 0.1) is 0 Å². The zero-order chi connectivity index (χ0) is 27.3. The van der Waals surface area contributed by atoms with Crippen LogP contribution in [0.4, 0.5) is 0 Å². The molecule has 0 atom stereocenters. The molecule has 38 heavy (non-hydrogen) atoms. The van der Waals surface area contributed by atoms with Gasteiger partial charge in [-0.3, -0.25) is 14.4 Å². The number of Topliss-reactive ketones (excluding diaryl/α,β-unsaturated/α-hetero) is 1. The van der Waals surface area contributed by atoms with Crippen LogP contribution in [0.3, 0.4) is 0 Å². The van der Waals surface area contributed by atoms with E-state index in [4.69, 9.17) is 9.47 Å². The van der Waals surface area contributed by atoms with Crippen molar-refractivity contribution in [2.45, 2.75) is 82.8 Å². The number of aliphatic hydroxyl groups is 1. The minimum atomic E-state index is -1.24. The van der Waals surface area contributed by atoms with Crippen LogP contribution in [0.5, 0.6) is 5.75 Å². The van der Waals surface area contributed by atoms with Crippen LogP contribution in [0.15, 0.2) is 48.5 Å². The second kappa shape index (κ2) is 11.7. The number of carbonyl (C=O) groups is 3. The van der Waals surface area contributed by atoms with E-state index in [1.807, 2.05) is 37.8 Å². The number of hydrogen-bond donors (Lipinski definition) is 1. The molecular formula is C31H39NO6. The molecule has 204 valence electrons. The second-order valence-electron chi connectivity index (χ2n) is 11.5. The second-order valence-corrected chi connectivity index (χ2v) is 11.5. The van der Waals surface area contributed by atoms with Gasteiger partial charge in [-0.15, -0.1) is 0 Å². The van der Waals surface area contributed by atoms with Crippen LogP contribution in [-0.4, -0.2) is 58.6 Å². The maximum absolute atomic E-state index is 13.2. The summed E-state index contributed by atoms with van der Waals surface area (Å²) in [5, 5.41) is 10.2. The average Bonchev–Trinajstić information content (AvgIpc) is 2.88. The standard InChI is InChI=1S/C31H39NO6/c1-30(2,3)38-28(34)12-11-22-7-4-8-24(19-22)23-13-17-32(18-14-23)29(35)25-9-5-10-26(20-25)37-21-27(33)31(36)15-6-16-31/h4-5,7-10,19-20,23,36H,6,11-18,21H2,1-3H3. The van der Waals surface area contributed by atoms with Gasteiger partial charge in [0.25, 0.3) is 5.91 Å². The molecule has 4 rings (SSSR count). The summed E-state index contributed by atoms with van der Waals surface area (Å²) >= 11 is 0. The number of nitrogens with zero attached hydrogens (tertiary/aromatic N) is 1. The predicted octanol–water partition coefficient (Wildman–Crippen LogP) is 4.84. The fourth-order valence-electron chi connectivity index (χ4n) is 5.03. The van der Waals surface area contributed by atoms with Gasteiger partial charge in [-0.2, -0.15) is 0 Å². The third-order valence-corrected chi connectivity index (χ3v) is 7.39. The molecule has 0 aromatic heterocycles. The Labute approximate surface area is 225 Å². The van der Waals surface area contributed by atoms with Crippen molar-refractivity contribution in [2.24, 2.45) is 0 Å². The number of hydrogen-bond acceptors (Lipinski definition) is 6. The third kappa shape index (κ3) is 7.22. The van der Waals surface area contributed by atoms with E-state index in [9.17, 15) is 19.5 Å². The molecule has 1 aliphatic carbocycles. The first-order valence-corrected chi connectivity index (χ1v) is 13.6. The lowest BCUT2D eigenvalue weighted by Gasteiger charge is -2.34. The molecule has 1 amide bonds. The van der Waals surface area contributed by atoms with Crippen molar-refractivity contribution in [3.8, 4) is 5.75 Å². The highest BCUT2D eigenvalue weighted by Gasteiger charge is 2.41. The van der Waals surface area contributed by atoms with E-state index in [2.05, 4.69) is 12.1 Å². The molecule has 7 heteroatoms. The summed E-state index contributed by atoms with van der Waals surface area (Å²) in [6, 6.07) is 15.3. The smallest absolute Gasteiger partial charge is 0.306 e. The van der Waals surface area contributed by atoms with Gasteiger partial charge in [-0.25, -0.2) is 0 Å². The van der Waals surface area contributed by atoms with E-state index in [0.29, 0.717) is 56.0 Å². The van der Waals surface area contributed by atoms with E-state index >= 15 is 0 Å². The van der Waals surface area contributed by atoms with Gasteiger partial charge >= 0.3 is 5.97 Å². The number of aryl methyl sites for hydroxylation is 1. The Bertz CT molecular complexity index is 1150. The minimum absolute atomic E-state index is 0.0519. The summed E-state index contributed by atoms with van der Waals surface area (Å²) in [6.07, 6.45) is 4.55. The third-order valence-electron chi connectivity index (χ3n) is 7.39. The van der Waals surface area contributed by atoms with E-state index < -0.39 is 11.2 Å². The monoisotopic (exact) mass is 521 g/mol. The van der Waals surface area contributed by atoms with Crippen molar-refractivity contribution in [3.63, 3.8) is 0 Å². The predicted molar refractivity (Wildman–Crippen MR) is 144 cm³/mol. The molecule has 2 aromatic rings. The van der Waals surface area contributed by atoms with Crippen LogP contribution in [0.25, 0.3) is 0 Å². The molecule has 0 unspecified atom stereocenters. The van der Waals surface area contributed by atoms with Gasteiger partial charge in [-0.05, 0) is 94.5 Å². The fourth-order valence-corrected chi connectivity index (χ4v) is 5.03. The average molecular weight is 522 g/mol. The first kappa shape index (κ1) is 27.8. The number of likely N-dealkylation sites (tertiary alicyclic amines) is 1. The molecule has 0 radical (unpaired) electrons. The highest BCUT2D eigenvalue weighted by molar-refractivity contribution is 5.94. The van der Waals surface area contributed by atoms with Crippen LogP contribution in [0.2, 0.25) is 0 Å². The van der Waals surface area contributed by atoms with E-state index in [0.717, 1.165) is 24.8 Å². The highest BCUT2D eigenvalue weighted by Crippen LogP contribution is 2.33. The molecule has 1 saturated carbocycles. The van der Waals surface area contributed by atoms with Gasteiger partial charge in [-0.1, -0.05) is 30.3 Å². The molecular weight excluding hydrogens is 482 g/mol. The van der Waals surface area contributed by atoms with Crippen molar-refractivity contribution >= 4 is 17.7 Å². The maximum Gasteiger partial charge on any atom is 0.306 e. The number of rotatable bonds is 9. The van der Waals surface area contributed by atoms with Gasteiger partial charge in [0.1, 0.15) is 23.6 Å². The number of esters is 1. The van der Waals surface area contributed by atoms with Crippen LogP contribution < -0.4 is 4.74 Å². The minimum Gasteiger partial charge on any atom is -0.486 e. The normalized spacial score (nSPS) is 17.4. The summed E-state index contributed by atoms with van der Waals surface area (Å²) in [6.45, 7) is 6.73. The van der Waals surface area contributed by atoms with Gasteiger partial charge < -0.3 is 19.5 Å². The Kier molecular flexibility index (Phi) is 8.56. The number of ether oxygens (including phenoxy) is 2. The first-order valence-electron chi connectivity index (χ1n) is 13.6. The Morgan fingerprint density at radius 3 is 2.39 bits per heavy atom. The number of piperidine rings is 1. The summed E-state index contributed by atoms with van der Waals surface area (Å²) < 4.78 is 11.0. The Morgan fingerprint density at radius 1 is 1.03 bits per heavy atom. The fraction of sp³-hybridized carbons (Fsp3) is 0.516. The lowest BCUT2D eigenvalue weighted by atomic mass is 9.77. The Morgan fingerprint density at radius 2 is 1.74 bits per heavy atom. The molecule has 1 N–H and O–H groups in total. The van der Waals surface area contributed by atoms with Gasteiger partial charge in [0.2, 0.25) is 5.78 Å². The zero-order valence-electron chi connectivity index (χ0n) is 22.7. The van der Waals surface area contributed by atoms with Crippen molar-refractivity contribution in [1.82, 2.24) is 4.90 Å². The maximum atomic E-state index is 13.2. The van der Waals surface area contributed by atoms with Crippen molar-refractivity contribution in [1.29, 1.82) is 0 Å². The van der Waals surface area contributed by atoms with E-state index in [1.165, 1.54) is 5.56 Å². The summed E-state index contributed by atoms with van der Waals surface area (Å²) in [5.41, 5.74) is 1.17. The first-order chi connectivity index (χ1) is 18.0. The lowest BCUT2D eigenvalue weighted by molar-refractivity contribution is -0.154. The zero-order valence-corrected chi connectivity index (χ0v) is 22.7. The summed E-state index contributed by atoms with van der Waals surface area (Å²) in [5.74, 6) is 0.260.